The summed E-state index contributed by atoms with van der Waals surface area (Å²) in [5.41, 5.74) is 2.88. The molecule has 1 aliphatic heterocycles. The zero-order chi connectivity index (χ0) is 20.4. The molecule has 0 radical (unpaired) electrons. The van der Waals surface area contributed by atoms with Crippen molar-refractivity contribution in [1.29, 1.82) is 0 Å². The number of fused-ring (bicyclic) bond motifs is 1. The van der Waals surface area contributed by atoms with Crippen molar-refractivity contribution < 1.29 is 8.42 Å². The molecular weight excluding hydrogens is 450 g/mol. The van der Waals surface area contributed by atoms with Gasteiger partial charge in [0, 0.05) is 53.8 Å². The van der Waals surface area contributed by atoms with Crippen molar-refractivity contribution in [2.75, 3.05) is 32.7 Å². The van der Waals surface area contributed by atoms with Gasteiger partial charge in [-0.3, -0.25) is 4.90 Å². The smallest absolute Gasteiger partial charge is 0.185 e. The zero-order valence-corrected chi connectivity index (χ0v) is 19.0. The number of halogens is 1. The number of nitrogens with one attached hydrogen (secondary N) is 1. The molecule has 1 aromatic heterocycles. The second-order valence-electron chi connectivity index (χ2n) is 7.53. The number of para-hydroxylation sites is 1. The van der Waals surface area contributed by atoms with Gasteiger partial charge in [0.25, 0.3) is 0 Å². The van der Waals surface area contributed by atoms with Crippen molar-refractivity contribution in [3.63, 3.8) is 0 Å². The van der Waals surface area contributed by atoms with Gasteiger partial charge in [-0.15, -0.1) is 0 Å². The Morgan fingerprint density at radius 3 is 2.34 bits per heavy atom. The van der Waals surface area contributed by atoms with Crippen molar-refractivity contribution in [3.05, 3.63) is 64.3 Å². The Morgan fingerprint density at radius 1 is 0.966 bits per heavy atom. The highest BCUT2D eigenvalue weighted by Gasteiger charge is 2.24. The van der Waals surface area contributed by atoms with E-state index in [4.69, 9.17) is 0 Å². The van der Waals surface area contributed by atoms with E-state index in [1.54, 1.807) is 18.2 Å². The van der Waals surface area contributed by atoms with Crippen molar-refractivity contribution in [2.45, 2.75) is 24.1 Å². The molecular formula is C22H26BrN3O2S. The first kappa shape index (κ1) is 20.6. The van der Waals surface area contributed by atoms with E-state index in [1.807, 2.05) is 24.3 Å². The molecule has 4 rings (SSSR count). The predicted octanol–water partition coefficient (Wildman–Crippen LogP) is 4.04. The molecule has 2 aromatic carbocycles. The quantitative estimate of drug-likeness (QED) is 0.584. The fourth-order valence-corrected chi connectivity index (χ4v) is 6.47. The number of hydrogen-bond acceptors (Lipinski definition) is 4. The Bertz CT molecular complexity index is 1100. The molecule has 3 aromatic rings. The van der Waals surface area contributed by atoms with Crippen LogP contribution in [0.25, 0.3) is 10.9 Å². The zero-order valence-electron chi connectivity index (χ0n) is 16.6. The summed E-state index contributed by atoms with van der Waals surface area (Å²) >= 11 is 3.39. The minimum Gasteiger partial charge on any atom is -0.357 e. The fraction of sp³-hybridized carbons (Fsp3) is 0.364. The second-order valence-corrected chi connectivity index (χ2v) is 10.3. The molecule has 0 atom stereocenters. The van der Waals surface area contributed by atoms with Crippen LogP contribution in [0.5, 0.6) is 0 Å². The Kier molecular flexibility index (Phi) is 6.11. The molecule has 1 saturated heterocycles. The number of aromatic amines is 1. The van der Waals surface area contributed by atoms with Crippen LogP contribution in [0.2, 0.25) is 0 Å². The second kappa shape index (κ2) is 8.60. The van der Waals surface area contributed by atoms with Gasteiger partial charge in [0.1, 0.15) is 0 Å². The SMILES string of the molecule is CCN1CCN(Cc2c(CS(=O)(=O)c3ccccc3Br)[nH]c3ccccc23)CC1. The molecule has 0 amide bonds. The molecule has 29 heavy (non-hydrogen) atoms. The molecule has 2 heterocycles. The van der Waals surface area contributed by atoms with Crippen LogP contribution in [-0.2, 0) is 22.1 Å². The molecule has 0 saturated carbocycles. The number of likely N-dealkylation sites (N-methyl/N-ethyl adjacent to an activating group) is 1. The minimum atomic E-state index is -3.47. The topological polar surface area (TPSA) is 56.4 Å². The third kappa shape index (κ3) is 4.43. The lowest BCUT2D eigenvalue weighted by Gasteiger charge is -2.34. The highest BCUT2D eigenvalue weighted by molar-refractivity contribution is 9.10. The summed E-state index contributed by atoms with van der Waals surface area (Å²) in [7, 11) is -3.47. The van der Waals surface area contributed by atoms with Crippen LogP contribution in [-0.4, -0.2) is 55.9 Å². The van der Waals surface area contributed by atoms with Gasteiger partial charge in [-0.25, -0.2) is 8.42 Å². The lowest BCUT2D eigenvalue weighted by atomic mass is 10.1. The first-order valence-electron chi connectivity index (χ1n) is 9.98. The van der Waals surface area contributed by atoms with E-state index in [2.05, 4.69) is 43.7 Å². The number of benzene rings is 2. The summed E-state index contributed by atoms with van der Waals surface area (Å²) in [5.74, 6) is -0.0332. The average Bonchev–Trinajstić information content (AvgIpc) is 3.05. The van der Waals surface area contributed by atoms with Gasteiger partial charge in [0.15, 0.2) is 9.84 Å². The maximum absolute atomic E-state index is 13.2. The molecule has 5 nitrogen and oxygen atoms in total. The standard InChI is InChI=1S/C22H26BrN3O2S/c1-2-25-11-13-26(14-12-25)15-18-17-7-3-5-9-20(17)24-21(18)16-29(27,28)22-10-6-4-8-19(22)23/h3-10,24H,2,11-16H2,1H3. The van der Waals surface area contributed by atoms with Crippen molar-refractivity contribution in [3.8, 4) is 0 Å². The predicted molar refractivity (Wildman–Crippen MR) is 121 cm³/mol. The maximum atomic E-state index is 13.2. The molecule has 0 bridgehead atoms. The van der Waals surface area contributed by atoms with Crippen LogP contribution in [0.3, 0.4) is 0 Å². The molecule has 7 heteroatoms. The minimum absolute atomic E-state index is 0.0332. The summed E-state index contributed by atoms with van der Waals surface area (Å²) in [6.45, 7) is 8.17. The van der Waals surface area contributed by atoms with Crippen LogP contribution >= 0.6 is 15.9 Å². The van der Waals surface area contributed by atoms with E-state index in [1.165, 1.54) is 0 Å². The first-order valence-corrected chi connectivity index (χ1v) is 12.4. The van der Waals surface area contributed by atoms with E-state index in [0.29, 0.717) is 9.37 Å². The first-order chi connectivity index (χ1) is 14.0. The van der Waals surface area contributed by atoms with Crippen molar-refractivity contribution >= 4 is 36.7 Å². The normalized spacial score (nSPS) is 16.5. The highest BCUT2D eigenvalue weighted by Crippen LogP contribution is 2.29. The van der Waals surface area contributed by atoms with E-state index >= 15 is 0 Å². The van der Waals surface area contributed by atoms with Crippen LogP contribution in [0.4, 0.5) is 0 Å². The lowest BCUT2D eigenvalue weighted by molar-refractivity contribution is 0.132. The lowest BCUT2D eigenvalue weighted by Crippen LogP contribution is -2.45. The highest BCUT2D eigenvalue weighted by atomic mass is 79.9. The van der Waals surface area contributed by atoms with Gasteiger partial charge in [0.05, 0.1) is 10.6 Å². The van der Waals surface area contributed by atoms with Gasteiger partial charge < -0.3 is 9.88 Å². The van der Waals surface area contributed by atoms with E-state index < -0.39 is 9.84 Å². The molecule has 0 unspecified atom stereocenters. The third-order valence-electron chi connectivity index (χ3n) is 5.70. The Labute approximate surface area is 180 Å². The fourth-order valence-electron chi connectivity index (χ4n) is 4.01. The number of aromatic nitrogens is 1. The van der Waals surface area contributed by atoms with Crippen molar-refractivity contribution in [1.82, 2.24) is 14.8 Å². The number of nitrogens with zero attached hydrogens (tertiary/aromatic N) is 2. The summed E-state index contributed by atoms with van der Waals surface area (Å²) in [5, 5.41) is 1.11. The summed E-state index contributed by atoms with van der Waals surface area (Å²) in [4.78, 5) is 8.60. The summed E-state index contributed by atoms with van der Waals surface area (Å²) in [6, 6.07) is 15.1. The molecule has 0 spiro atoms. The Hall–Kier alpha value is -1.67. The molecule has 0 aliphatic carbocycles. The third-order valence-corrected chi connectivity index (χ3v) is 8.35. The van der Waals surface area contributed by atoms with Crippen LogP contribution in [0.15, 0.2) is 57.9 Å². The van der Waals surface area contributed by atoms with E-state index in [-0.39, 0.29) is 5.75 Å². The van der Waals surface area contributed by atoms with E-state index in [9.17, 15) is 8.42 Å². The molecule has 1 fully saturated rings. The largest absolute Gasteiger partial charge is 0.357 e. The summed E-state index contributed by atoms with van der Waals surface area (Å²) in [6.07, 6.45) is 0. The number of piperazine rings is 1. The maximum Gasteiger partial charge on any atom is 0.185 e. The van der Waals surface area contributed by atoms with Crippen LogP contribution in [0.1, 0.15) is 18.2 Å². The summed E-state index contributed by atoms with van der Waals surface area (Å²) < 4.78 is 26.9. The number of H-pyrrole nitrogens is 1. The van der Waals surface area contributed by atoms with E-state index in [0.717, 1.165) is 61.4 Å². The number of hydrogen-bond donors (Lipinski definition) is 1. The van der Waals surface area contributed by atoms with Gasteiger partial charge in [-0.1, -0.05) is 37.3 Å². The van der Waals surface area contributed by atoms with Gasteiger partial charge in [-0.2, -0.15) is 0 Å². The van der Waals surface area contributed by atoms with Gasteiger partial charge in [0.2, 0.25) is 0 Å². The molecule has 1 N–H and O–H groups in total. The Balaban J connectivity index is 1.66. The number of sulfone groups is 1. The monoisotopic (exact) mass is 475 g/mol. The van der Waals surface area contributed by atoms with Crippen LogP contribution in [0, 0.1) is 0 Å². The average molecular weight is 476 g/mol. The number of rotatable bonds is 6. The molecule has 1 aliphatic rings. The van der Waals surface area contributed by atoms with Gasteiger partial charge >= 0.3 is 0 Å². The van der Waals surface area contributed by atoms with Crippen LogP contribution < -0.4 is 0 Å². The Morgan fingerprint density at radius 2 is 1.62 bits per heavy atom. The van der Waals surface area contributed by atoms with Crippen molar-refractivity contribution in [2.24, 2.45) is 0 Å². The van der Waals surface area contributed by atoms with Gasteiger partial charge in [-0.05, 0) is 46.2 Å². The molecule has 154 valence electrons.